The molecule has 0 saturated carbocycles. The summed E-state index contributed by atoms with van der Waals surface area (Å²) in [4.78, 5) is 28.3. The second kappa shape index (κ2) is 15.2. The van der Waals surface area contributed by atoms with Gasteiger partial charge in [-0.2, -0.15) is 9.97 Å². The number of hydrogen-bond acceptors (Lipinski definition) is 9. The summed E-state index contributed by atoms with van der Waals surface area (Å²) in [5.74, 6) is 0.732. The molecule has 3 heterocycles. The van der Waals surface area contributed by atoms with Gasteiger partial charge >= 0.3 is 11.7 Å². The van der Waals surface area contributed by atoms with Gasteiger partial charge in [-0.15, -0.1) is 0 Å². The first-order chi connectivity index (χ1) is 19.1. The number of rotatable bonds is 17. The van der Waals surface area contributed by atoms with Crippen molar-refractivity contribution in [3.8, 4) is 11.9 Å². The van der Waals surface area contributed by atoms with Gasteiger partial charge in [0.2, 0.25) is 14.9 Å². The van der Waals surface area contributed by atoms with E-state index in [4.69, 9.17) is 19.6 Å². The van der Waals surface area contributed by atoms with Gasteiger partial charge in [0.1, 0.15) is 5.52 Å². The molecule has 12 heteroatoms. The van der Waals surface area contributed by atoms with E-state index in [-0.39, 0.29) is 30.3 Å². The van der Waals surface area contributed by atoms with Gasteiger partial charge in [0.25, 0.3) is 0 Å². The minimum atomic E-state index is -0.758. The number of ether oxygens (including phenoxy) is 2. The van der Waals surface area contributed by atoms with E-state index < -0.39 is 9.04 Å². The molecule has 0 bridgehead atoms. The summed E-state index contributed by atoms with van der Waals surface area (Å²) >= 11 is 0. The number of anilines is 1. The largest absolute Gasteiger partial charge is 0.478 e. The summed E-state index contributed by atoms with van der Waals surface area (Å²) in [6.45, 7) is 15.4. The highest BCUT2D eigenvalue weighted by atomic mass is 28.3. The third kappa shape index (κ3) is 10.2. The summed E-state index contributed by atoms with van der Waals surface area (Å²) in [5, 5.41) is 3.56. The highest BCUT2D eigenvalue weighted by Crippen LogP contribution is 2.22. The van der Waals surface area contributed by atoms with Crippen LogP contribution in [0.4, 0.5) is 5.82 Å². The Morgan fingerprint density at radius 3 is 2.58 bits per heavy atom. The molecule has 11 nitrogen and oxygen atoms in total. The third-order valence-electron chi connectivity index (χ3n) is 6.23. The van der Waals surface area contributed by atoms with Crippen molar-refractivity contribution in [3.05, 3.63) is 34.4 Å². The zero-order chi connectivity index (χ0) is 29.1. The number of hydrogen-bond donors (Lipinski definition) is 3. The number of fused-ring (bicyclic) bond motifs is 1. The first kappa shape index (κ1) is 31.6. The first-order valence-corrected chi connectivity index (χ1v) is 16.6. The Kier molecular flexibility index (Phi) is 12.0. The highest BCUT2D eigenvalue weighted by Gasteiger charge is 2.17. The topological polar surface area (TPSA) is 142 Å². The lowest BCUT2D eigenvalue weighted by atomic mass is 9.90. The molecule has 1 atom stereocenters. The van der Waals surface area contributed by atoms with Crippen molar-refractivity contribution >= 4 is 26.0 Å². The van der Waals surface area contributed by atoms with E-state index in [1.807, 2.05) is 12.1 Å². The molecule has 40 heavy (non-hydrogen) atoms. The second-order valence-electron chi connectivity index (χ2n) is 11.4. The number of imidazole rings is 1. The molecule has 0 aromatic carbocycles. The van der Waals surface area contributed by atoms with Crippen LogP contribution >= 0.6 is 0 Å². The van der Waals surface area contributed by atoms with Crippen LogP contribution in [0, 0.1) is 5.41 Å². The molecular formula is C28H46N7O4Si. The summed E-state index contributed by atoms with van der Waals surface area (Å²) in [7, 11) is -0.758. The fraction of sp³-hybridized carbons (Fsp3) is 0.643. The van der Waals surface area contributed by atoms with Gasteiger partial charge in [-0.05, 0) is 62.7 Å². The van der Waals surface area contributed by atoms with Crippen LogP contribution in [0.2, 0.25) is 13.1 Å². The van der Waals surface area contributed by atoms with E-state index in [9.17, 15) is 4.79 Å². The zero-order valence-corrected chi connectivity index (χ0v) is 25.9. The fourth-order valence-electron chi connectivity index (χ4n) is 4.04. The SMILES string of the molecule is CCCCOc1nc(N)c2[nH]c(=O)n(Cc3ccc(OCCCCNC(CCC(C)(C)C)O[Si](C)C)nc3)c2n1. The van der Waals surface area contributed by atoms with Crippen LogP contribution in [0.25, 0.3) is 11.2 Å². The minimum absolute atomic E-state index is 0.117. The van der Waals surface area contributed by atoms with Crippen LogP contribution in [0.5, 0.6) is 11.9 Å². The van der Waals surface area contributed by atoms with E-state index in [0.29, 0.717) is 35.7 Å². The summed E-state index contributed by atoms with van der Waals surface area (Å²) in [6, 6.07) is 3.88. The van der Waals surface area contributed by atoms with Gasteiger partial charge in [0.05, 0.1) is 26.0 Å². The lowest BCUT2D eigenvalue weighted by Gasteiger charge is -2.25. The smallest absolute Gasteiger partial charge is 0.328 e. The first-order valence-electron chi connectivity index (χ1n) is 14.2. The molecule has 4 N–H and O–H groups in total. The van der Waals surface area contributed by atoms with E-state index in [1.165, 1.54) is 4.57 Å². The summed E-state index contributed by atoms with van der Waals surface area (Å²) in [6.07, 6.45) is 7.73. The monoisotopic (exact) mass is 572 g/mol. The summed E-state index contributed by atoms with van der Waals surface area (Å²) in [5.41, 5.74) is 7.65. The van der Waals surface area contributed by atoms with Crippen molar-refractivity contribution in [2.45, 2.75) is 92.1 Å². The maximum Gasteiger partial charge on any atom is 0.328 e. The Morgan fingerprint density at radius 2 is 1.90 bits per heavy atom. The number of aromatic nitrogens is 5. The maximum atomic E-state index is 12.6. The van der Waals surface area contributed by atoms with Gasteiger partial charge in [-0.25, -0.2) is 9.78 Å². The van der Waals surface area contributed by atoms with Crippen molar-refractivity contribution in [3.63, 3.8) is 0 Å². The van der Waals surface area contributed by atoms with Crippen molar-refractivity contribution in [2.24, 2.45) is 5.41 Å². The number of aromatic amines is 1. The second-order valence-corrected chi connectivity index (χ2v) is 13.5. The number of nitrogens with zero attached hydrogens (tertiary/aromatic N) is 4. The molecule has 3 aromatic heterocycles. The van der Waals surface area contributed by atoms with Crippen molar-refractivity contribution in [2.75, 3.05) is 25.5 Å². The van der Waals surface area contributed by atoms with Crippen molar-refractivity contribution in [1.29, 1.82) is 0 Å². The molecule has 0 fully saturated rings. The average Bonchev–Trinajstić information content (AvgIpc) is 3.20. The minimum Gasteiger partial charge on any atom is -0.478 e. The van der Waals surface area contributed by atoms with Crippen LogP contribution in [0.15, 0.2) is 23.1 Å². The molecule has 0 spiro atoms. The van der Waals surface area contributed by atoms with E-state index in [1.54, 1.807) is 6.20 Å². The Hall–Kier alpha value is -2.96. The standard InChI is InChI=1S/C28H46N7O4Si/c1-7-8-16-38-26-33-24(29)23-25(34-26)35(27(36)32-23)19-20-11-12-21(31-18-20)37-17-10-9-15-30-22(39-40(5)6)13-14-28(2,3)4/h11-12,18,22,30H,7-10,13-17,19H2,1-6H3,(H,32,36)(H2,29,33,34). The Labute approximate surface area is 239 Å². The Balaban J connectivity index is 1.48. The fourth-order valence-corrected chi connectivity index (χ4v) is 4.81. The van der Waals surface area contributed by atoms with E-state index in [0.717, 1.165) is 50.6 Å². The van der Waals surface area contributed by atoms with Gasteiger partial charge < -0.3 is 24.6 Å². The zero-order valence-electron chi connectivity index (χ0n) is 24.9. The molecule has 3 aromatic rings. The van der Waals surface area contributed by atoms with Gasteiger partial charge in [0.15, 0.2) is 11.5 Å². The van der Waals surface area contributed by atoms with Crippen LogP contribution < -0.4 is 26.2 Å². The van der Waals surface area contributed by atoms with Gasteiger partial charge in [-0.1, -0.05) is 40.2 Å². The molecule has 0 saturated heterocycles. The quantitative estimate of drug-likeness (QED) is 0.121. The predicted octanol–water partition coefficient (Wildman–Crippen LogP) is 4.49. The lowest BCUT2D eigenvalue weighted by Crippen LogP contribution is -2.36. The Morgan fingerprint density at radius 1 is 1.12 bits per heavy atom. The number of nitrogens with two attached hydrogens (primary N) is 1. The maximum absolute atomic E-state index is 12.6. The van der Waals surface area contributed by atoms with Crippen LogP contribution in [-0.4, -0.2) is 59.5 Å². The summed E-state index contributed by atoms with van der Waals surface area (Å²) < 4.78 is 19.1. The normalized spacial score (nSPS) is 12.8. The molecule has 221 valence electrons. The van der Waals surface area contributed by atoms with Gasteiger partial charge in [-0.3, -0.25) is 9.88 Å². The van der Waals surface area contributed by atoms with Crippen molar-refractivity contribution < 1.29 is 13.9 Å². The van der Waals surface area contributed by atoms with Gasteiger partial charge in [0, 0.05) is 12.3 Å². The number of nitrogen functional groups attached to an aromatic ring is 1. The molecular weight excluding hydrogens is 526 g/mol. The number of nitrogens with one attached hydrogen (secondary N) is 2. The molecule has 1 unspecified atom stereocenters. The van der Waals surface area contributed by atoms with Crippen molar-refractivity contribution in [1.82, 2.24) is 29.8 Å². The van der Waals surface area contributed by atoms with Crippen LogP contribution in [0.3, 0.4) is 0 Å². The van der Waals surface area contributed by atoms with E-state index in [2.05, 4.69) is 66.0 Å². The molecule has 1 radical (unpaired) electrons. The van der Waals surface area contributed by atoms with E-state index >= 15 is 0 Å². The third-order valence-corrected chi connectivity index (χ3v) is 6.98. The van der Waals surface area contributed by atoms with Crippen LogP contribution in [-0.2, 0) is 11.0 Å². The number of pyridine rings is 1. The average molecular weight is 573 g/mol. The molecule has 0 aliphatic rings. The lowest BCUT2D eigenvalue weighted by molar-refractivity contribution is 0.136. The molecule has 0 amide bonds. The number of H-pyrrole nitrogens is 1. The Bertz CT molecular complexity index is 1240. The number of unbranched alkanes of at least 4 members (excludes halogenated alkanes) is 2. The molecule has 0 aliphatic heterocycles. The van der Waals surface area contributed by atoms with Crippen LogP contribution in [0.1, 0.15) is 71.8 Å². The molecule has 0 aliphatic carbocycles. The highest BCUT2D eigenvalue weighted by molar-refractivity contribution is 6.48. The predicted molar refractivity (Wildman–Crippen MR) is 160 cm³/mol. The molecule has 3 rings (SSSR count).